The molecule has 2 aromatic carbocycles. The lowest BCUT2D eigenvalue weighted by atomic mass is 9.98. The number of ether oxygens (including phenoxy) is 2. The van der Waals surface area contributed by atoms with E-state index in [1.165, 1.54) is 4.70 Å². The van der Waals surface area contributed by atoms with Crippen LogP contribution in [0.1, 0.15) is 53.4 Å². The highest BCUT2D eigenvalue weighted by Crippen LogP contribution is 2.34. The van der Waals surface area contributed by atoms with E-state index in [9.17, 15) is 9.59 Å². The maximum absolute atomic E-state index is 12.9. The number of carbonyl (C=O) groups is 2. The van der Waals surface area contributed by atoms with Crippen molar-refractivity contribution < 1.29 is 19.1 Å². The van der Waals surface area contributed by atoms with Crippen molar-refractivity contribution in [2.45, 2.75) is 38.0 Å². The summed E-state index contributed by atoms with van der Waals surface area (Å²) in [6.07, 6.45) is 3.24. The number of Topliss-reactive ketones (excluding diaryl/α,β-unsaturated/α-hetero) is 1. The zero-order valence-electron chi connectivity index (χ0n) is 17.9. The van der Waals surface area contributed by atoms with Crippen molar-refractivity contribution in [3.8, 4) is 11.5 Å². The van der Waals surface area contributed by atoms with E-state index in [1.54, 1.807) is 29.5 Å². The number of para-hydroxylation sites is 1. The molecule has 6 nitrogen and oxygen atoms in total. The largest absolute Gasteiger partial charge is 0.490 e. The molecule has 3 heterocycles. The fourth-order valence-corrected chi connectivity index (χ4v) is 5.42. The molecule has 166 valence electrons. The summed E-state index contributed by atoms with van der Waals surface area (Å²) in [5.74, 6) is 1.54. The molecule has 32 heavy (non-hydrogen) atoms. The van der Waals surface area contributed by atoms with Crippen LogP contribution >= 0.6 is 11.3 Å². The topological polar surface area (TPSA) is 68.7 Å². The van der Waals surface area contributed by atoms with E-state index in [-0.39, 0.29) is 30.4 Å². The molecule has 0 radical (unpaired) electrons. The molecule has 0 unspecified atom stereocenters. The average molecular weight is 451 g/mol. The van der Waals surface area contributed by atoms with Crippen molar-refractivity contribution in [3.05, 3.63) is 53.0 Å². The fourth-order valence-electron chi connectivity index (χ4n) is 4.33. The van der Waals surface area contributed by atoms with Gasteiger partial charge in [-0.1, -0.05) is 12.1 Å². The first-order chi connectivity index (χ1) is 15.7. The van der Waals surface area contributed by atoms with E-state index in [4.69, 9.17) is 14.5 Å². The van der Waals surface area contributed by atoms with Gasteiger partial charge in [-0.15, -0.1) is 11.3 Å². The molecule has 1 aromatic heterocycles. The molecule has 0 spiro atoms. The number of rotatable bonds is 5. The van der Waals surface area contributed by atoms with Gasteiger partial charge in [0.1, 0.15) is 0 Å². The maximum atomic E-state index is 12.9. The Kier molecular flexibility index (Phi) is 6.08. The van der Waals surface area contributed by atoms with Crippen LogP contribution in [0.2, 0.25) is 0 Å². The SMILES string of the molecule is O=C(CCC(=O)N1CCC[C@@H](c2nc3ccccc3s2)C1)c1ccc2c(c1)OCCCO2. The number of nitrogens with zero attached hydrogens (tertiary/aromatic N) is 2. The number of fused-ring (bicyclic) bond motifs is 2. The second-order valence-corrected chi connectivity index (χ2v) is 9.40. The zero-order chi connectivity index (χ0) is 21.9. The molecule has 2 aliphatic rings. The third-order valence-electron chi connectivity index (χ3n) is 6.07. The number of hydrogen-bond acceptors (Lipinski definition) is 6. The number of amides is 1. The smallest absolute Gasteiger partial charge is 0.223 e. The Morgan fingerprint density at radius 2 is 1.88 bits per heavy atom. The van der Waals surface area contributed by atoms with Crippen LogP contribution in [0.3, 0.4) is 0 Å². The Morgan fingerprint density at radius 1 is 1.03 bits per heavy atom. The van der Waals surface area contributed by atoms with Gasteiger partial charge in [-0.2, -0.15) is 0 Å². The highest BCUT2D eigenvalue weighted by atomic mass is 32.1. The van der Waals surface area contributed by atoms with Crippen LogP contribution in [0.25, 0.3) is 10.2 Å². The molecule has 1 atom stereocenters. The molecular weight excluding hydrogens is 424 g/mol. The highest BCUT2D eigenvalue weighted by molar-refractivity contribution is 7.18. The molecule has 3 aromatic rings. The van der Waals surface area contributed by atoms with E-state index in [2.05, 4.69) is 6.07 Å². The van der Waals surface area contributed by atoms with Gasteiger partial charge in [0.05, 0.1) is 28.4 Å². The zero-order valence-corrected chi connectivity index (χ0v) is 18.7. The van der Waals surface area contributed by atoms with Crippen molar-refractivity contribution in [2.24, 2.45) is 0 Å². The van der Waals surface area contributed by atoms with Crippen molar-refractivity contribution in [2.75, 3.05) is 26.3 Å². The van der Waals surface area contributed by atoms with Gasteiger partial charge >= 0.3 is 0 Å². The van der Waals surface area contributed by atoms with Crippen LogP contribution in [-0.2, 0) is 4.79 Å². The standard InChI is InChI=1S/C25H26N2O4S/c28-20(17-8-10-21-22(15-17)31-14-4-13-30-21)9-11-24(29)27-12-3-5-18(16-27)25-26-19-6-1-2-7-23(19)32-25/h1-2,6-8,10,15,18H,3-5,9,11-14,16H2/t18-/m1/s1. The Balaban J connectivity index is 1.19. The molecular formula is C25H26N2O4S. The predicted molar refractivity (Wildman–Crippen MR) is 124 cm³/mol. The number of hydrogen-bond donors (Lipinski definition) is 0. The molecule has 1 saturated heterocycles. The number of benzene rings is 2. The van der Waals surface area contributed by atoms with Crippen molar-refractivity contribution in [1.82, 2.24) is 9.88 Å². The second-order valence-electron chi connectivity index (χ2n) is 8.33. The number of aromatic nitrogens is 1. The van der Waals surface area contributed by atoms with Crippen molar-refractivity contribution in [3.63, 3.8) is 0 Å². The summed E-state index contributed by atoms with van der Waals surface area (Å²) in [4.78, 5) is 32.3. The summed E-state index contributed by atoms with van der Waals surface area (Å²) in [5, 5.41) is 1.10. The van der Waals surface area contributed by atoms with Gasteiger partial charge in [-0.25, -0.2) is 4.98 Å². The summed E-state index contributed by atoms with van der Waals surface area (Å²) in [7, 11) is 0. The Bertz CT molecular complexity index is 1110. The van der Waals surface area contributed by atoms with E-state index >= 15 is 0 Å². The van der Waals surface area contributed by atoms with Crippen molar-refractivity contribution >= 4 is 33.2 Å². The van der Waals surface area contributed by atoms with Crippen molar-refractivity contribution in [1.29, 1.82) is 0 Å². The number of thiazole rings is 1. The first kappa shape index (κ1) is 20.9. The number of piperidine rings is 1. The normalized spacial score (nSPS) is 18.4. The minimum atomic E-state index is -0.0475. The van der Waals surface area contributed by atoms with Gasteiger partial charge < -0.3 is 14.4 Å². The first-order valence-electron chi connectivity index (χ1n) is 11.2. The molecule has 1 fully saturated rings. The monoisotopic (exact) mass is 450 g/mol. The van der Waals surface area contributed by atoms with E-state index in [0.29, 0.717) is 36.8 Å². The second kappa shape index (κ2) is 9.28. The lowest BCUT2D eigenvalue weighted by Gasteiger charge is -2.32. The predicted octanol–water partition coefficient (Wildman–Crippen LogP) is 4.83. The van der Waals surface area contributed by atoms with Crippen LogP contribution < -0.4 is 9.47 Å². The Labute approximate surface area is 191 Å². The van der Waals surface area contributed by atoms with Crippen LogP contribution in [0.4, 0.5) is 0 Å². The van der Waals surface area contributed by atoms with E-state index < -0.39 is 0 Å². The third kappa shape index (κ3) is 4.48. The summed E-state index contributed by atoms with van der Waals surface area (Å²) < 4.78 is 12.5. The molecule has 0 aliphatic carbocycles. The molecule has 2 aliphatic heterocycles. The lowest BCUT2D eigenvalue weighted by molar-refractivity contribution is -0.132. The number of likely N-dealkylation sites (tertiary alicyclic amines) is 1. The Morgan fingerprint density at radius 3 is 2.75 bits per heavy atom. The highest BCUT2D eigenvalue weighted by Gasteiger charge is 2.27. The summed E-state index contributed by atoms with van der Waals surface area (Å²) >= 11 is 1.72. The molecule has 0 N–H and O–H groups in total. The molecule has 0 bridgehead atoms. The molecule has 0 saturated carbocycles. The molecule has 1 amide bonds. The van der Waals surface area contributed by atoms with Gasteiger partial charge in [0.25, 0.3) is 0 Å². The van der Waals surface area contributed by atoms with Crippen LogP contribution in [0.15, 0.2) is 42.5 Å². The third-order valence-corrected chi connectivity index (χ3v) is 7.27. The van der Waals surface area contributed by atoms with Gasteiger partial charge in [0.15, 0.2) is 17.3 Å². The Hall–Kier alpha value is -2.93. The van der Waals surface area contributed by atoms with Gasteiger partial charge in [0.2, 0.25) is 5.91 Å². The number of ketones is 1. The van der Waals surface area contributed by atoms with Crippen LogP contribution in [0, 0.1) is 0 Å². The van der Waals surface area contributed by atoms with E-state index in [1.807, 2.05) is 23.1 Å². The van der Waals surface area contributed by atoms with Gasteiger partial charge in [0, 0.05) is 43.8 Å². The molecule has 7 heteroatoms. The average Bonchev–Trinajstić information content (AvgIpc) is 3.13. The quantitative estimate of drug-likeness (QED) is 0.521. The fraction of sp³-hybridized carbons (Fsp3) is 0.400. The van der Waals surface area contributed by atoms with E-state index in [0.717, 1.165) is 36.3 Å². The molecule has 5 rings (SSSR count). The van der Waals surface area contributed by atoms with Crippen LogP contribution in [-0.4, -0.2) is 47.9 Å². The lowest BCUT2D eigenvalue weighted by Crippen LogP contribution is -2.39. The van der Waals surface area contributed by atoms with Crippen LogP contribution in [0.5, 0.6) is 11.5 Å². The minimum absolute atomic E-state index is 0.0403. The summed E-state index contributed by atoms with van der Waals surface area (Å²) in [5.41, 5.74) is 1.59. The summed E-state index contributed by atoms with van der Waals surface area (Å²) in [6, 6.07) is 13.4. The minimum Gasteiger partial charge on any atom is -0.490 e. The maximum Gasteiger partial charge on any atom is 0.223 e. The summed E-state index contributed by atoms with van der Waals surface area (Å²) in [6.45, 7) is 2.62. The number of carbonyl (C=O) groups excluding carboxylic acids is 2. The van der Waals surface area contributed by atoms with Gasteiger partial charge in [-0.3, -0.25) is 9.59 Å². The first-order valence-corrected chi connectivity index (χ1v) is 12.0. The van der Waals surface area contributed by atoms with Gasteiger partial charge in [-0.05, 0) is 43.2 Å².